The molecule has 0 unspecified atom stereocenters. The van der Waals surface area contributed by atoms with Crippen LogP contribution in [-0.2, 0) is 27.1 Å². The standard InChI is InChI=1S/C15H15Cl2NO3S/c1-21-9-11-3-2-4-13(7-11)18-22(19,20)10-12-5-6-14(16)15(17)8-12/h2-8,18H,9-10H2,1H3. The third-order valence-electron chi connectivity index (χ3n) is 2.85. The minimum absolute atomic E-state index is 0.182. The fraction of sp³-hybridized carbons (Fsp3) is 0.200. The maximum atomic E-state index is 12.2. The van der Waals surface area contributed by atoms with E-state index in [0.29, 0.717) is 27.9 Å². The highest BCUT2D eigenvalue weighted by atomic mass is 35.5. The van der Waals surface area contributed by atoms with Crippen LogP contribution >= 0.6 is 23.2 Å². The molecule has 0 fully saturated rings. The highest BCUT2D eigenvalue weighted by Crippen LogP contribution is 2.24. The van der Waals surface area contributed by atoms with Crippen molar-refractivity contribution in [3.8, 4) is 0 Å². The third kappa shape index (κ3) is 4.88. The van der Waals surface area contributed by atoms with Crippen LogP contribution in [0.2, 0.25) is 10.0 Å². The number of nitrogens with one attached hydrogen (secondary N) is 1. The zero-order chi connectivity index (χ0) is 16.2. The van der Waals surface area contributed by atoms with Crippen LogP contribution in [0.25, 0.3) is 0 Å². The SMILES string of the molecule is COCc1cccc(NS(=O)(=O)Cc2ccc(Cl)c(Cl)c2)c1. The molecule has 0 spiro atoms. The Hall–Kier alpha value is -1.27. The zero-order valence-corrected chi connectivity index (χ0v) is 14.2. The van der Waals surface area contributed by atoms with E-state index in [1.807, 2.05) is 6.07 Å². The average Bonchev–Trinajstić information content (AvgIpc) is 2.43. The molecular weight excluding hydrogens is 345 g/mol. The number of rotatable bonds is 6. The molecule has 118 valence electrons. The van der Waals surface area contributed by atoms with Gasteiger partial charge in [0.2, 0.25) is 10.0 Å². The zero-order valence-electron chi connectivity index (χ0n) is 11.8. The second-order valence-electron chi connectivity index (χ2n) is 4.74. The molecule has 0 aliphatic heterocycles. The molecule has 1 N–H and O–H groups in total. The molecular formula is C15H15Cl2NO3S. The smallest absolute Gasteiger partial charge is 0.236 e. The number of methoxy groups -OCH3 is 1. The molecule has 0 atom stereocenters. The van der Waals surface area contributed by atoms with Crippen molar-refractivity contribution in [1.29, 1.82) is 0 Å². The Labute approximate surface area is 140 Å². The third-order valence-corrected chi connectivity index (χ3v) is 4.85. The summed E-state index contributed by atoms with van der Waals surface area (Å²) in [6.07, 6.45) is 0. The first-order valence-corrected chi connectivity index (χ1v) is 8.83. The maximum absolute atomic E-state index is 12.2. The van der Waals surface area contributed by atoms with Gasteiger partial charge in [0.1, 0.15) is 0 Å². The molecule has 0 aliphatic carbocycles. The van der Waals surface area contributed by atoms with Crippen LogP contribution in [-0.4, -0.2) is 15.5 Å². The van der Waals surface area contributed by atoms with Gasteiger partial charge in [-0.1, -0.05) is 41.4 Å². The van der Waals surface area contributed by atoms with Gasteiger partial charge in [-0.05, 0) is 35.4 Å². The summed E-state index contributed by atoms with van der Waals surface area (Å²) in [6, 6.07) is 11.8. The van der Waals surface area contributed by atoms with Gasteiger partial charge >= 0.3 is 0 Å². The fourth-order valence-corrected chi connectivity index (χ4v) is 3.45. The Bertz CT molecular complexity index is 763. The van der Waals surface area contributed by atoms with Crippen LogP contribution in [0.4, 0.5) is 5.69 Å². The van der Waals surface area contributed by atoms with E-state index in [1.54, 1.807) is 43.5 Å². The summed E-state index contributed by atoms with van der Waals surface area (Å²) in [7, 11) is -1.96. The lowest BCUT2D eigenvalue weighted by atomic mass is 10.2. The highest BCUT2D eigenvalue weighted by molar-refractivity contribution is 7.91. The van der Waals surface area contributed by atoms with Crippen LogP contribution in [0, 0.1) is 0 Å². The molecule has 7 heteroatoms. The topological polar surface area (TPSA) is 55.4 Å². The van der Waals surface area contributed by atoms with Crippen molar-refractivity contribution in [1.82, 2.24) is 0 Å². The normalized spacial score (nSPS) is 11.4. The highest BCUT2D eigenvalue weighted by Gasteiger charge is 2.13. The molecule has 2 aromatic rings. The van der Waals surface area contributed by atoms with Crippen LogP contribution < -0.4 is 4.72 Å². The molecule has 22 heavy (non-hydrogen) atoms. The second-order valence-corrected chi connectivity index (χ2v) is 7.28. The number of hydrogen-bond acceptors (Lipinski definition) is 3. The van der Waals surface area contributed by atoms with E-state index in [0.717, 1.165) is 5.56 Å². The van der Waals surface area contributed by atoms with Crippen molar-refractivity contribution >= 4 is 38.9 Å². The summed E-state index contributed by atoms with van der Waals surface area (Å²) < 4.78 is 32.0. The molecule has 0 heterocycles. The molecule has 0 amide bonds. The summed E-state index contributed by atoms with van der Waals surface area (Å²) in [5.41, 5.74) is 1.95. The van der Waals surface area contributed by atoms with Gasteiger partial charge in [0.15, 0.2) is 0 Å². The number of halogens is 2. The minimum Gasteiger partial charge on any atom is -0.380 e. The Balaban J connectivity index is 2.13. The molecule has 0 saturated heterocycles. The monoisotopic (exact) mass is 359 g/mol. The average molecular weight is 360 g/mol. The molecule has 0 radical (unpaired) electrons. The minimum atomic E-state index is -3.54. The maximum Gasteiger partial charge on any atom is 0.236 e. The van der Waals surface area contributed by atoms with Gasteiger partial charge in [-0.15, -0.1) is 0 Å². The van der Waals surface area contributed by atoms with Gasteiger partial charge in [0.05, 0.1) is 22.4 Å². The van der Waals surface area contributed by atoms with Crippen molar-refractivity contribution in [2.45, 2.75) is 12.4 Å². The van der Waals surface area contributed by atoms with Crippen molar-refractivity contribution in [2.75, 3.05) is 11.8 Å². The number of benzene rings is 2. The Kier molecular flexibility index (Phi) is 5.69. The fourth-order valence-electron chi connectivity index (χ4n) is 1.96. The van der Waals surface area contributed by atoms with Crippen LogP contribution in [0.5, 0.6) is 0 Å². The molecule has 0 aliphatic rings. The molecule has 0 bridgehead atoms. The Morgan fingerprint density at radius 1 is 1.05 bits per heavy atom. The summed E-state index contributed by atoms with van der Waals surface area (Å²) in [4.78, 5) is 0. The quantitative estimate of drug-likeness (QED) is 0.845. The Morgan fingerprint density at radius 2 is 1.82 bits per heavy atom. The number of sulfonamides is 1. The first-order chi connectivity index (χ1) is 10.4. The van der Waals surface area contributed by atoms with Gasteiger partial charge in [0.25, 0.3) is 0 Å². The number of anilines is 1. The lowest BCUT2D eigenvalue weighted by molar-refractivity contribution is 0.185. The van der Waals surface area contributed by atoms with Crippen molar-refractivity contribution < 1.29 is 13.2 Å². The predicted molar refractivity (Wildman–Crippen MR) is 89.9 cm³/mol. The van der Waals surface area contributed by atoms with E-state index in [1.165, 1.54) is 0 Å². The number of hydrogen-bond donors (Lipinski definition) is 1. The van der Waals surface area contributed by atoms with Gasteiger partial charge in [0, 0.05) is 12.8 Å². The van der Waals surface area contributed by atoms with E-state index in [4.69, 9.17) is 27.9 Å². The predicted octanol–water partition coefficient (Wildman–Crippen LogP) is 4.08. The summed E-state index contributed by atoms with van der Waals surface area (Å²) in [5, 5.41) is 0.722. The lowest BCUT2D eigenvalue weighted by Crippen LogP contribution is -2.15. The first kappa shape index (κ1) is 17.1. The van der Waals surface area contributed by atoms with E-state index in [-0.39, 0.29) is 5.75 Å². The van der Waals surface area contributed by atoms with E-state index in [2.05, 4.69) is 4.72 Å². The summed E-state index contributed by atoms with van der Waals surface area (Å²) in [5.74, 6) is -0.182. The van der Waals surface area contributed by atoms with Crippen molar-refractivity contribution in [2.24, 2.45) is 0 Å². The van der Waals surface area contributed by atoms with Crippen LogP contribution in [0.1, 0.15) is 11.1 Å². The van der Waals surface area contributed by atoms with Gasteiger partial charge in [-0.2, -0.15) is 0 Å². The lowest BCUT2D eigenvalue weighted by Gasteiger charge is -2.10. The number of ether oxygens (including phenoxy) is 1. The van der Waals surface area contributed by atoms with E-state index in [9.17, 15) is 8.42 Å². The largest absolute Gasteiger partial charge is 0.380 e. The molecule has 2 aromatic carbocycles. The molecule has 2 rings (SSSR count). The van der Waals surface area contributed by atoms with Crippen LogP contribution in [0.15, 0.2) is 42.5 Å². The Morgan fingerprint density at radius 3 is 2.50 bits per heavy atom. The molecule has 0 aromatic heterocycles. The van der Waals surface area contributed by atoms with Crippen molar-refractivity contribution in [3.05, 3.63) is 63.6 Å². The van der Waals surface area contributed by atoms with Gasteiger partial charge in [-0.3, -0.25) is 4.72 Å². The van der Waals surface area contributed by atoms with Crippen molar-refractivity contribution in [3.63, 3.8) is 0 Å². The summed E-state index contributed by atoms with van der Waals surface area (Å²) >= 11 is 11.7. The first-order valence-electron chi connectivity index (χ1n) is 6.42. The molecule has 4 nitrogen and oxygen atoms in total. The van der Waals surface area contributed by atoms with E-state index >= 15 is 0 Å². The molecule has 0 saturated carbocycles. The second kappa shape index (κ2) is 7.33. The van der Waals surface area contributed by atoms with Crippen LogP contribution in [0.3, 0.4) is 0 Å². The summed E-state index contributed by atoms with van der Waals surface area (Å²) in [6.45, 7) is 0.419. The van der Waals surface area contributed by atoms with Gasteiger partial charge in [-0.25, -0.2) is 8.42 Å². The van der Waals surface area contributed by atoms with E-state index < -0.39 is 10.0 Å². The van der Waals surface area contributed by atoms with Gasteiger partial charge < -0.3 is 4.74 Å².